The maximum Gasteiger partial charge on any atom is 0.304 e. The van der Waals surface area contributed by atoms with Crippen LogP contribution in [0.25, 0.3) is 17.0 Å². The van der Waals surface area contributed by atoms with Crippen molar-refractivity contribution in [2.75, 3.05) is 19.0 Å². The van der Waals surface area contributed by atoms with Gasteiger partial charge >= 0.3 is 6.01 Å². The zero-order valence-electron chi connectivity index (χ0n) is 18.2. The molecular formula is C24H24N6O3. The molecule has 33 heavy (non-hydrogen) atoms. The Morgan fingerprint density at radius 1 is 1.12 bits per heavy atom. The average Bonchev–Trinajstić information content (AvgIpc) is 3.05. The first-order chi connectivity index (χ1) is 16.2. The first-order valence-electron chi connectivity index (χ1n) is 10.8. The van der Waals surface area contributed by atoms with Gasteiger partial charge in [-0.3, -0.25) is 4.79 Å². The van der Waals surface area contributed by atoms with Crippen LogP contribution >= 0.6 is 0 Å². The molecule has 0 unspecified atom stereocenters. The van der Waals surface area contributed by atoms with E-state index in [1.807, 2.05) is 24.3 Å². The molecule has 9 nitrogen and oxygen atoms in total. The lowest BCUT2D eigenvalue weighted by Gasteiger charge is -2.16. The fourth-order valence-electron chi connectivity index (χ4n) is 4.00. The van der Waals surface area contributed by atoms with Crippen LogP contribution in [-0.4, -0.2) is 39.1 Å². The minimum atomic E-state index is -0.565. The second kappa shape index (κ2) is 8.78. The number of fused-ring (bicyclic) bond motifs is 2. The summed E-state index contributed by atoms with van der Waals surface area (Å²) in [5.41, 5.74) is 9.00. The van der Waals surface area contributed by atoms with Gasteiger partial charge in [0.05, 0.1) is 30.4 Å². The standard InChI is InChI=1S/C24H24N6O3/c1-32-24-27-19-16(20(25)31)11-7-12-18(19)30(24)23-28-21(26-14-15-8-3-2-4-9-15)17-10-5-6-13-33-22(17)29-23/h2-4,7-9,11-12H,5-6,10,13-14H2,1H3,(H2,25,31)(H,26,28,29). The summed E-state index contributed by atoms with van der Waals surface area (Å²) >= 11 is 0. The van der Waals surface area contributed by atoms with Crippen LogP contribution in [0.5, 0.6) is 11.9 Å². The molecule has 1 aliphatic heterocycles. The zero-order chi connectivity index (χ0) is 22.8. The third kappa shape index (κ3) is 3.93. The van der Waals surface area contributed by atoms with Gasteiger partial charge in [-0.2, -0.15) is 15.0 Å². The fraction of sp³-hybridized carbons (Fsp3) is 0.250. The van der Waals surface area contributed by atoms with Gasteiger partial charge in [0.1, 0.15) is 11.3 Å². The summed E-state index contributed by atoms with van der Waals surface area (Å²) in [6.45, 7) is 1.20. The normalized spacial score (nSPS) is 13.1. The molecule has 4 aromatic rings. The number of amides is 1. The van der Waals surface area contributed by atoms with E-state index in [4.69, 9.17) is 25.2 Å². The van der Waals surface area contributed by atoms with Gasteiger partial charge in [0, 0.05) is 6.54 Å². The lowest BCUT2D eigenvalue weighted by atomic mass is 10.1. The van der Waals surface area contributed by atoms with Gasteiger partial charge < -0.3 is 20.5 Å². The highest BCUT2D eigenvalue weighted by Crippen LogP contribution is 2.32. The Labute approximate surface area is 190 Å². The number of anilines is 1. The lowest BCUT2D eigenvalue weighted by Crippen LogP contribution is -2.12. The number of carbonyl (C=O) groups excluding carboxylic acids is 1. The van der Waals surface area contributed by atoms with Crippen molar-refractivity contribution in [3.63, 3.8) is 0 Å². The van der Waals surface area contributed by atoms with E-state index >= 15 is 0 Å². The van der Waals surface area contributed by atoms with Gasteiger partial charge in [-0.15, -0.1) is 0 Å². The predicted octanol–water partition coefficient (Wildman–Crippen LogP) is 3.25. The van der Waals surface area contributed by atoms with Crippen LogP contribution in [0.1, 0.15) is 34.3 Å². The van der Waals surface area contributed by atoms with Crippen molar-refractivity contribution in [2.24, 2.45) is 5.73 Å². The van der Waals surface area contributed by atoms with E-state index in [2.05, 4.69) is 22.4 Å². The number of nitrogens with one attached hydrogen (secondary N) is 1. The monoisotopic (exact) mass is 444 g/mol. The summed E-state index contributed by atoms with van der Waals surface area (Å²) in [6.07, 6.45) is 2.76. The molecule has 0 saturated carbocycles. The van der Waals surface area contributed by atoms with Gasteiger partial charge in [-0.25, -0.2) is 4.57 Å². The lowest BCUT2D eigenvalue weighted by molar-refractivity contribution is 0.100. The Kier molecular flexibility index (Phi) is 5.52. The number of aromatic nitrogens is 4. The van der Waals surface area contributed by atoms with Crippen molar-refractivity contribution < 1.29 is 14.3 Å². The molecule has 1 amide bonds. The van der Waals surface area contributed by atoms with E-state index in [-0.39, 0.29) is 6.01 Å². The number of hydrogen-bond acceptors (Lipinski definition) is 7. The van der Waals surface area contributed by atoms with E-state index in [1.165, 1.54) is 7.11 Å². The van der Waals surface area contributed by atoms with Gasteiger partial charge in [-0.05, 0) is 37.0 Å². The number of nitrogens with two attached hydrogens (primary N) is 1. The molecule has 2 aromatic heterocycles. The summed E-state index contributed by atoms with van der Waals surface area (Å²) in [5.74, 6) is 1.02. The van der Waals surface area contributed by atoms with Crippen molar-refractivity contribution in [1.29, 1.82) is 0 Å². The van der Waals surface area contributed by atoms with Crippen LogP contribution in [0.3, 0.4) is 0 Å². The summed E-state index contributed by atoms with van der Waals surface area (Å²) in [5, 5.41) is 3.45. The molecule has 0 spiro atoms. The minimum absolute atomic E-state index is 0.251. The molecule has 0 fully saturated rings. The molecule has 5 rings (SSSR count). The molecule has 9 heteroatoms. The number of imidazole rings is 1. The zero-order valence-corrected chi connectivity index (χ0v) is 18.2. The van der Waals surface area contributed by atoms with Crippen LogP contribution in [0, 0.1) is 0 Å². The number of benzene rings is 2. The molecule has 0 saturated heterocycles. The minimum Gasteiger partial charge on any atom is -0.477 e. The average molecular weight is 444 g/mol. The Morgan fingerprint density at radius 2 is 1.97 bits per heavy atom. The first-order valence-corrected chi connectivity index (χ1v) is 10.8. The number of methoxy groups -OCH3 is 1. The summed E-state index contributed by atoms with van der Waals surface area (Å²) in [4.78, 5) is 26.0. The molecule has 2 aromatic carbocycles. The second-order valence-corrected chi connectivity index (χ2v) is 7.77. The molecule has 0 aliphatic carbocycles. The largest absolute Gasteiger partial charge is 0.477 e. The Bertz CT molecular complexity index is 1320. The number of ether oxygens (including phenoxy) is 2. The maximum absolute atomic E-state index is 11.9. The smallest absolute Gasteiger partial charge is 0.304 e. The van der Waals surface area contributed by atoms with E-state index < -0.39 is 5.91 Å². The highest BCUT2D eigenvalue weighted by Gasteiger charge is 2.24. The van der Waals surface area contributed by atoms with Gasteiger partial charge in [-0.1, -0.05) is 36.4 Å². The van der Waals surface area contributed by atoms with Crippen molar-refractivity contribution >= 4 is 22.8 Å². The number of carbonyl (C=O) groups is 1. The molecule has 0 bridgehead atoms. The number of nitrogens with zero attached hydrogens (tertiary/aromatic N) is 4. The van der Waals surface area contributed by atoms with E-state index in [0.29, 0.717) is 47.4 Å². The van der Waals surface area contributed by atoms with E-state index in [9.17, 15) is 4.79 Å². The SMILES string of the molecule is COc1nc2c(C(N)=O)cccc2n1-c1nc(NCc2ccccc2)c2c(n1)OCCCC2. The number of primary amides is 1. The Morgan fingerprint density at radius 3 is 2.76 bits per heavy atom. The number of para-hydroxylation sites is 1. The van der Waals surface area contributed by atoms with Crippen LogP contribution < -0.4 is 20.5 Å². The van der Waals surface area contributed by atoms with Gasteiger partial charge in [0.25, 0.3) is 5.91 Å². The Balaban J connectivity index is 1.65. The maximum atomic E-state index is 11.9. The van der Waals surface area contributed by atoms with Gasteiger partial charge in [0.15, 0.2) is 0 Å². The summed E-state index contributed by atoms with van der Waals surface area (Å²) in [7, 11) is 1.51. The van der Waals surface area contributed by atoms with Crippen molar-refractivity contribution in [3.8, 4) is 17.8 Å². The summed E-state index contributed by atoms with van der Waals surface area (Å²) in [6, 6.07) is 15.6. The number of hydrogen-bond donors (Lipinski definition) is 2. The van der Waals surface area contributed by atoms with Crippen LogP contribution in [-0.2, 0) is 13.0 Å². The van der Waals surface area contributed by atoms with Crippen LogP contribution in [0.2, 0.25) is 0 Å². The third-order valence-electron chi connectivity index (χ3n) is 5.62. The highest BCUT2D eigenvalue weighted by molar-refractivity contribution is 6.04. The topological polar surface area (TPSA) is 117 Å². The molecule has 0 atom stereocenters. The summed E-state index contributed by atoms with van der Waals surface area (Å²) < 4.78 is 13.2. The van der Waals surface area contributed by atoms with Gasteiger partial charge in [0.2, 0.25) is 11.8 Å². The highest BCUT2D eigenvalue weighted by atomic mass is 16.5. The quantitative estimate of drug-likeness (QED) is 0.469. The molecule has 0 radical (unpaired) electrons. The first kappa shape index (κ1) is 20.7. The fourth-order valence-corrected chi connectivity index (χ4v) is 4.00. The molecule has 168 valence electrons. The van der Waals surface area contributed by atoms with Crippen molar-refractivity contribution in [2.45, 2.75) is 25.8 Å². The Hall–Kier alpha value is -4.14. The molecule has 3 heterocycles. The molecule has 1 aliphatic rings. The third-order valence-corrected chi connectivity index (χ3v) is 5.62. The van der Waals surface area contributed by atoms with E-state index in [0.717, 1.165) is 30.4 Å². The number of rotatable bonds is 6. The van der Waals surface area contributed by atoms with Crippen molar-refractivity contribution in [1.82, 2.24) is 19.5 Å². The predicted molar refractivity (Wildman–Crippen MR) is 124 cm³/mol. The second-order valence-electron chi connectivity index (χ2n) is 7.77. The van der Waals surface area contributed by atoms with Crippen LogP contribution in [0.15, 0.2) is 48.5 Å². The van der Waals surface area contributed by atoms with Crippen molar-refractivity contribution in [3.05, 3.63) is 65.2 Å². The molecule has 3 N–H and O–H groups in total. The van der Waals surface area contributed by atoms with Crippen LogP contribution in [0.4, 0.5) is 5.82 Å². The molecular weight excluding hydrogens is 420 g/mol. The van der Waals surface area contributed by atoms with E-state index in [1.54, 1.807) is 16.7 Å².